The van der Waals surface area contributed by atoms with Crippen LogP contribution < -0.4 is 0 Å². The third kappa shape index (κ3) is 2.72. The lowest BCUT2D eigenvalue weighted by Gasteiger charge is -2.23. The molecule has 0 aliphatic carbocycles. The minimum atomic E-state index is 0.0302. The Hall–Kier alpha value is -1.35. The molecule has 0 radical (unpaired) electrons. The molecule has 18 heavy (non-hydrogen) atoms. The van der Waals surface area contributed by atoms with E-state index in [1.165, 1.54) is 5.56 Å². The third-order valence-electron chi connectivity index (χ3n) is 3.75. The molecule has 98 valence electrons. The van der Waals surface area contributed by atoms with Gasteiger partial charge in [0.1, 0.15) is 0 Å². The molecule has 1 heterocycles. The van der Waals surface area contributed by atoms with E-state index in [1.54, 1.807) is 0 Å². The van der Waals surface area contributed by atoms with Crippen LogP contribution in [0.5, 0.6) is 0 Å². The van der Waals surface area contributed by atoms with Crippen molar-refractivity contribution in [3.63, 3.8) is 0 Å². The highest BCUT2D eigenvalue weighted by Gasteiger charge is 2.27. The first-order valence-corrected chi connectivity index (χ1v) is 6.58. The van der Waals surface area contributed by atoms with Gasteiger partial charge in [0.25, 0.3) is 0 Å². The van der Waals surface area contributed by atoms with Crippen LogP contribution in [0, 0.1) is 13.8 Å². The van der Waals surface area contributed by atoms with Gasteiger partial charge < -0.3 is 10.0 Å². The lowest BCUT2D eigenvalue weighted by atomic mass is 10.0. The zero-order valence-corrected chi connectivity index (χ0v) is 11.1. The molecular formula is C15H21NO2. The second-order valence-electron chi connectivity index (χ2n) is 5.17. The molecule has 1 atom stereocenters. The fourth-order valence-electron chi connectivity index (χ4n) is 2.61. The summed E-state index contributed by atoms with van der Waals surface area (Å²) in [7, 11) is 0. The minimum Gasteiger partial charge on any atom is -0.394 e. The lowest BCUT2D eigenvalue weighted by molar-refractivity contribution is -0.132. The molecule has 2 rings (SSSR count). The number of aliphatic hydroxyl groups is 1. The van der Waals surface area contributed by atoms with Gasteiger partial charge in [0, 0.05) is 6.54 Å². The predicted octanol–water partition coefficient (Wildman–Crippen LogP) is 1.83. The number of hydrogen-bond donors (Lipinski definition) is 1. The molecule has 0 aromatic heterocycles. The molecule has 1 aromatic rings. The Bertz CT molecular complexity index is 442. The zero-order valence-electron chi connectivity index (χ0n) is 11.1. The number of carbonyl (C=O) groups is 1. The van der Waals surface area contributed by atoms with Crippen LogP contribution in [0.2, 0.25) is 0 Å². The van der Waals surface area contributed by atoms with Crippen molar-refractivity contribution in [2.24, 2.45) is 0 Å². The first-order valence-electron chi connectivity index (χ1n) is 6.58. The Morgan fingerprint density at radius 3 is 2.94 bits per heavy atom. The van der Waals surface area contributed by atoms with E-state index in [0.29, 0.717) is 6.42 Å². The van der Waals surface area contributed by atoms with Gasteiger partial charge >= 0.3 is 0 Å². The predicted molar refractivity (Wildman–Crippen MR) is 71.4 cm³/mol. The maximum absolute atomic E-state index is 12.3. The Balaban J connectivity index is 2.09. The average molecular weight is 247 g/mol. The molecule has 3 nitrogen and oxygen atoms in total. The molecule has 1 aliphatic heterocycles. The lowest BCUT2D eigenvalue weighted by Crippen LogP contribution is -2.38. The summed E-state index contributed by atoms with van der Waals surface area (Å²) in [6.45, 7) is 4.95. The Kier molecular flexibility index (Phi) is 4.02. The number of benzene rings is 1. The molecule has 1 unspecified atom stereocenters. The highest BCUT2D eigenvalue weighted by molar-refractivity contribution is 5.79. The van der Waals surface area contributed by atoms with Gasteiger partial charge in [-0.1, -0.05) is 23.8 Å². The monoisotopic (exact) mass is 247 g/mol. The number of likely N-dealkylation sites (tertiary alicyclic amines) is 1. The van der Waals surface area contributed by atoms with Crippen LogP contribution in [0.15, 0.2) is 18.2 Å². The van der Waals surface area contributed by atoms with Crippen LogP contribution in [-0.2, 0) is 11.2 Å². The van der Waals surface area contributed by atoms with Gasteiger partial charge in [-0.05, 0) is 37.8 Å². The number of carbonyl (C=O) groups excluding carboxylic acids is 1. The summed E-state index contributed by atoms with van der Waals surface area (Å²) in [5, 5.41) is 9.26. The summed E-state index contributed by atoms with van der Waals surface area (Å²) in [6.07, 6.45) is 2.38. The van der Waals surface area contributed by atoms with Crippen LogP contribution in [0.25, 0.3) is 0 Å². The summed E-state index contributed by atoms with van der Waals surface area (Å²) in [5.41, 5.74) is 3.45. The molecule has 1 saturated heterocycles. The molecule has 1 aromatic carbocycles. The van der Waals surface area contributed by atoms with E-state index in [4.69, 9.17) is 0 Å². The van der Waals surface area contributed by atoms with Crippen molar-refractivity contribution in [3.8, 4) is 0 Å². The number of nitrogens with zero attached hydrogens (tertiary/aromatic N) is 1. The van der Waals surface area contributed by atoms with E-state index in [2.05, 4.69) is 18.2 Å². The minimum absolute atomic E-state index is 0.0302. The van der Waals surface area contributed by atoms with Gasteiger partial charge in [0.2, 0.25) is 5.91 Å². The first-order chi connectivity index (χ1) is 8.61. The highest BCUT2D eigenvalue weighted by Crippen LogP contribution is 2.19. The van der Waals surface area contributed by atoms with Crippen molar-refractivity contribution in [2.75, 3.05) is 13.2 Å². The molecule has 1 N–H and O–H groups in total. The summed E-state index contributed by atoms with van der Waals surface area (Å²) in [6, 6.07) is 6.24. The van der Waals surface area contributed by atoms with Crippen LogP contribution in [0.4, 0.5) is 0 Å². The highest BCUT2D eigenvalue weighted by atomic mass is 16.3. The van der Waals surface area contributed by atoms with Crippen molar-refractivity contribution in [1.82, 2.24) is 4.90 Å². The second-order valence-corrected chi connectivity index (χ2v) is 5.17. The SMILES string of the molecule is Cc1ccc(C)c(CC(=O)N2CCCC2CO)c1. The first kappa shape index (κ1) is 13.1. The smallest absolute Gasteiger partial charge is 0.227 e. The van der Waals surface area contributed by atoms with E-state index in [9.17, 15) is 9.90 Å². The fraction of sp³-hybridized carbons (Fsp3) is 0.533. The topological polar surface area (TPSA) is 40.5 Å². The summed E-state index contributed by atoms with van der Waals surface area (Å²) in [4.78, 5) is 14.1. The van der Waals surface area contributed by atoms with E-state index in [0.717, 1.165) is 30.5 Å². The van der Waals surface area contributed by atoms with Gasteiger partial charge in [-0.15, -0.1) is 0 Å². The van der Waals surface area contributed by atoms with Crippen LogP contribution >= 0.6 is 0 Å². The van der Waals surface area contributed by atoms with E-state index < -0.39 is 0 Å². The van der Waals surface area contributed by atoms with E-state index in [-0.39, 0.29) is 18.6 Å². The standard InChI is InChI=1S/C15H21NO2/c1-11-5-6-12(2)13(8-11)9-15(18)16-7-3-4-14(16)10-17/h5-6,8,14,17H,3-4,7,9-10H2,1-2H3. The third-order valence-corrected chi connectivity index (χ3v) is 3.75. The molecule has 0 bridgehead atoms. The van der Waals surface area contributed by atoms with Gasteiger partial charge in [-0.3, -0.25) is 4.79 Å². The molecule has 1 fully saturated rings. The number of hydrogen-bond acceptors (Lipinski definition) is 2. The quantitative estimate of drug-likeness (QED) is 0.885. The molecule has 1 amide bonds. The second kappa shape index (κ2) is 5.53. The van der Waals surface area contributed by atoms with Crippen molar-refractivity contribution >= 4 is 5.91 Å². The van der Waals surface area contributed by atoms with E-state index >= 15 is 0 Å². The number of aliphatic hydroxyl groups excluding tert-OH is 1. The maximum Gasteiger partial charge on any atom is 0.227 e. The number of rotatable bonds is 3. The normalized spacial score (nSPS) is 19.3. The van der Waals surface area contributed by atoms with Gasteiger partial charge in [0.15, 0.2) is 0 Å². The molecule has 3 heteroatoms. The Morgan fingerprint density at radius 2 is 2.22 bits per heavy atom. The Labute approximate surface area is 108 Å². The van der Waals surface area contributed by atoms with Gasteiger partial charge in [-0.25, -0.2) is 0 Å². The Morgan fingerprint density at radius 1 is 1.44 bits per heavy atom. The maximum atomic E-state index is 12.3. The summed E-state index contributed by atoms with van der Waals surface area (Å²) >= 11 is 0. The van der Waals surface area contributed by atoms with Crippen LogP contribution in [0.3, 0.4) is 0 Å². The molecule has 1 aliphatic rings. The zero-order chi connectivity index (χ0) is 13.1. The molecule has 0 saturated carbocycles. The van der Waals surface area contributed by atoms with Crippen molar-refractivity contribution in [1.29, 1.82) is 0 Å². The largest absolute Gasteiger partial charge is 0.394 e. The van der Waals surface area contributed by atoms with Crippen molar-refractivity contribution in [3.05, 3.63) is 34.9 Å². The fourth-order valence-corrected chi connectivity index (χ4v) is 2.61. The van der Waals surface area contributed by atoms with Crippen molar-refractivity contribution in [2.45, 2.75) is 39.2 Å². The van der Waals surface area contributed by atoms with Crippen LogP contribution in [0.1, 0.15) is 29.5 Å². The molecular weight excluding hydrogens is 226 g/mol. The van der Waals surface area contributed by atoms with Crippen molar-refractivity contribution < 1.29 is 9.90 Å². The summed E-state index contributed by atoms with van der Waals surface area (Å²) < 4.78 is 0. The number of aryl methyl sites for hydroxylation is 2. The van der Waals surface area contributed by atoms with E-state index in [1.807, 2.05) is 18.7 Å². The van der Waals surface area contributed by atoms with Crippen LogP contribution in [-0.4, -0.2) is 35.1 Å². The summed E-state index contributed by atoms with van der Waals surface area (Å²) in [5.74, 6) is 0.139. The van der Waals surface area contributed by atoms with Gasteiger partial charge in [-0.2, -0.15) is 0 Å². The average Bonchev–Trinajstić information content (AvgIpc) is 2.82. The number of amides is 1. The molecule has 0 spiro atoms. The van der Waals surface area contributed by atoms with Gasteiger partial charge in [0.05, 0.1) is 19.1 Å².